The zero-order valence-electron chi connectivity index (χ0n) is 35.8. The maximum absolute atomic E-state index is 12.0. The third-order valence-corrected chi connectivity index (χ3v) is 8.16. The molecule has 0 atom stereocenters. The summed E-state index contributed by atoms with van der Waals surface area (Å²) in [5, 5.41) is 7.02. The zero-order valence-corrected chi connectivity index (χ0v) is 35.8. The maximum atomic E-state index is 12.0. The van der Waals surface area contributed by atoms with Crippen LogP contribution in [0.4, 0.5) is 35.1 Å². The van der Waals surface area contributed by atoms with E-state index >= 15 is 0 Å². The van der Waals surface area contributed by atoms with Gasteiger partial charge in [-0.1, -0.05) is 71.6 Å². The fourth-order valence-corrected chi connectivity index (χ4v) is 5.43. The lowest BCUT2D eigenvalue weighted by atomic mass is 9.85. The molecule has 0 aliphatic carbocycles. The molecule has 0 aliphatic heterocycles. The summed E-state index contributed by atoms with van der Waals surface area (Å²) in [6.45, 7) is 25.8. The van der Waals surface area contributed by atoms with E-state index in [-0.39, 0.29) is 21.7 Å². The lowest BCUT2D eigenvalue weighted by Gasteiger charge is -2.17. The monoisotopic (exact) mass is 822 g/mol. The first kappa shape index (κ1) is 46.7. The standard InChI is InChI=1S/C40H42.2C6H2F4/c1-37(2,3)21-17-27-25-28(18-22-38(4,5)6)32-15-16-34-30(20-24-40(10,11)12)26-29(19-23-39(7,8)9)33-14-13-31(27)35(32)36(33)34;2*7-3-1-2-4(8)6(10)5(3)9/h13-16,25-26H,1-12H3;2*1-2H. The first-order chi connectivity index (χ1) is 27.6. The Hall–Kier alpha value is -5.96. The van der Waals surface area contributed by atoms with Gasteiger partial charge in [-0.05, 0) is 152 Å². The lowest BCUT2D eigenvalue weighted by molar-refractivity contribution is 0.409. The predicted octanol–water partition coefficient (Wildman–Crippen LogP) is 14.7. The second kappa shape index (κ2) is 17.7. The summed E-state index contributed by atoms with van der Waals surface area (Å²) in [5.74, 6) is 15.3. The van der Waals surface area contributed by atoms with Crippen LogP contribution in [0.2, 0.25) is 0 Å². The molecule has 0 aromatic heterocycles. The van der Waals surface area contributed by atoms with Crippen LogP contribution in [0.5, 0.6) is 0 Å². The molecule has 0 spiro atoms. The van der Waals surface area contributed by atoms with Crippen LogP contribution in [0.3, 0.4) is 0 Å². The summed E-state index contributed by atoms with van der Waals surface area (Å²) in [5.41, 5.74) is 3.65. The number of halogens is 8. The van der Waals surface area contributed by atoms with Gasteiger partial charge < -0.3 is 0 Å². The molecule has 0 amide bonds. The van der Waals surface area contributed by atoms with Crippen LogP contribution in [-0.2, 0) is 0 Å². The summed E-state index contributed by atoms with van der Waals surface area (Å²) in [4.78, 5) is 0. The normalized spacial score (nSPS) is 11.5. The van der Waals surface area contributed by atoms with Gasteiger partial charge >= 0.3 is 0 Å². The summed E-state index contributed by atoms with van der Waals surface area (Å²) >= 11 is 0. The first-order valence-corrected chi connectivity index (χ1v) is 19.1. The smallest absolute Gasteiger partial charge is 0.197 e. The van der Waals surface area contributed by atoms with E-state index in [1.165, 1.54) is 10.8 Å². The van der Waals surface area contributed by atoms with Crippen molar-refractivity contribution in [3.63, 3.8) is 0 Å². The van der Waals surface area contributed by atoms with Crippen molar-refractivity contribution in [2.45, 2.75) is 83.1 Å². The Morgan fingerprint density at radius 1 is 0.300 bits per heavy atom. The highest BCUT2D eigenvalue weighted by Gasteiger charge is 2.19. The van der Waals surface area contributed by atoms with Crippen molar-refractivity contribution in [1.29, 1.82) is 0 Å². The van der Waals surface area contributed by atoms with Gasteiger partial charge in [0, 0.05) is 43.9 Å². The van der Waals surface area contributed by atoms with Crippen molar-refractivity contribution in [3.05, 3.63) is 129 Å². The molecule has 0 heterocycles. The Labute approximate surface area is 348 Å². The van der Waals surface area contributed by atoms with Crippen LogP contribution in [0, 0.1) is 116 Å². The van der Waals surface area contributed by atoms with E-state index in [1.54, 1.807) is 0 Å². The Kier molecular flexibility index (Phi) is 13.8. The van der Waals surface area contributed by atoms with Crippen LogP contribution < -0.4 is 0 Å². The van der Waals surface area contributed by atoms with Crippen LogP contribution >= 0.6 is 0 Å². The molecule has 0 fully saturated rings. The molecular formula is C52H46F8. The molecule has 0 bridgehead atoms. The van der Waals surface area contributed by atoms with E-state index < -0.39 is 46.5 Å². The third kappa shape index (κ3) is 12.1. The first-order valence-electron chi connectivity index (χ1n) is 19.1. The average molecular weight is 823 g/mol. The molecule has 0 saturated heterocycles. The van der Waals surface area contributed by atoms with E-state index in [4.69, 9.17) is 0 Å². The van der Waals surface area contributed by atoms with Crippen molar-refractivity contribution >= 4 is 32.3 Å². The van der Waals surface area contributed by atoms with Crippen LogP contribution in [0.1, 0.15) is 105 Å². The van der Waals surface area contributed by atoms with E-state index in [0.29, 0.717) is 24.3 Å². The molecular weight excluding hydrogens is 777 g/mol. The van der Waals surface area contributed by atoms with Crippen LogP contribution in [-0.4, -0.2) is 0 Å². The molecule has 0 aliphatic rings. The highest BCUT2D eigenvalue weighted by molar-refractivity contribution is 6.26. The number of hydrogen-bond acceptors (Lipinski definition) is 0. The van der Waals surface area contributed by atoms with Crippen molar-refractivity contribution in [3.8, 4) is 47.4 Å². The minimum absolute atomic E-state index is 0.105. The van der Waals surface area contributed by atoms with E-state index in [9.17, 15) is 35.1 Å². The molecule has 310 valence electrons. The largest absolute Gasteiger partial charge is 0.204 e. The molecule has 0 unspecified atom stereocenters. The Bertz CT molecular complexity index is 2460. The summed E-state index contributed by atoms with van der Waals surface area (Å²) in [6, 6.07) is 15.3. The number of hydrogen-bond donors (Lipinski definition) is 0. The van der Waals surface area contributed by atoms with Gasteiger partial charge in [0.05, 0.1) is 0 Å². The molecule has 0 saturated carbocycles. The molecule has 0 nitrogen and oxygen atoms in total. The van der Waals surface area contributed by atoms with Gasteiger partial charge in [0.2, 0.25) is 0 Å². The molecule has 6 rings (SSSR count). The van der Waals surface area contributed by atoms with Crippen molar-refractivity contribution in [1.82, 2.24) is 0 Å². The van der Waals surface area contributed by atoms with Gasteiger partial charge in [-0.3, -0.25) is 0 Å². The second-order valence-corrected chi connectivity index (χ2v) is 18.3. The van der Waals surface area contributed by atoms with Gasteiger partial charge in [-0.15, -0.1) is 0 Å². The zero-order chi connectivity index (χ0) is 45.1. The Balaban J connectivity index is 0.000000321. The Morgan fingerprint density at radius 3 is 0.650 bits per heavy atom. The third-order valence-electron chi connectivity index (χ3n) is 8.16. The van der Waals surface area contributed by atoms with Gasteiger partial charge in [0.15, 0.2) is 46.5 Å². The molecule has 60 heavy (non-hydrogen) atoms. The summed E-state index contributed by atoms with van der Waals surface area (Å²) < 4.78 is 95.9. The summed E-state index contributed by atoms with van der Waals surface area (Å²) in [6.07, 6.45) is 0. The highest BCUT2D eigenvalue weighted by Crippen LogP contribution is 2.40. The number of benzene rings is 6. The Morgan fingerprint density at radius 2 is 0.483 bits per heavy atom. The van der Waals surface area contributed by atoms with Gasteiger partial charge in [-0.25, -0.2) is 35.1 Å². The van der Waals surface area contributed by atoms with E-state index in [2.05, 4.69) is 167 Å². The molecule has 0 N–H and O–H groups in total. The van der Waals surface area contributed by atoms with Gasteiger partial charge in [0.1, 0.15) is 0 Å². The van der Waals surface area contributed by atoms with Crippen LogP contribution in [0.15, 0.2) is 60.7 Å². The minimum atomic E-state index is -1.78. The average Bonchev–Trinajstić information content (AvgIpc) is 3.14. The maximum Gasteiger partial charge on any atom is 0.197 e. The van der Waals surface area contributed by atoms with E-state index in [1.807, 2.05) is 0 Å². The lowest BCUT2D eigenvalue weighted by Crippen LogP contribution is -2.01. The molecule has 6 aromatic rings. The molecule has 8 heteroatoms. The van der Waals surface area contributed by atoms with Crippen molar-refractivity contribution in [2.75, 3.05) is 0 Å². The highest BCUT2D eigenvalue weighted by atomic mass is 19.2. The number of rotatable bonds is 0. The van der Waals surface area contributed by atoms with Crippen LogP contribution in [0.25, 0.3) is 32.3 Å². The fourth-order valence-electron chi connectivity index (χ4n) is 5.43. The fraction of sp³-hybridized carbons (Fsp3) is 0.308. The quantitative estimate of drug-likeness (QED) is 0.0471. The molecule has 6 aromatic carbocycles. The van der Waals surface area contributed by atoms with Crippen molar-refractivity contribution < 1.29 is 35.1 Å². The SMILES string of the molecule is CC(C)(C)C#Cc1cc(C#CC(C)(C)C)c2ccc3c(C#CC(C)(C)C)cc(C#CC(C)(C)C)c4ccc1c2c43.Fc1ccc(F)c(F)c1F.Fc1ccc(F)c(F)c1F. The van der Waals surface area contributed by atoms with Gasteiger partial charge in [0.25, 0.3) is 0 Å². The van der Waals surface area contributed by atoms with Crippen molar-refractivity contribution in [2.24, 2.45) is 21.7 Å². The van der Waals surface area contributed by atoms with E-state index in [0.717, 1.165) is 43.8 Å². The topological polar surface area (TPSA) is 0 Å². The molecule has 0 radical (unpaired) electrons. The second-order valence-electron chi connectivity index (χ2n) is 18.3. The van der Waals surface area contributed by atoms with Gasteiger partial charge in [-0.2, -0.15) is 0 Å². The summed E-state index contributed by atoms with van der Waals surface area (Å²) in [7, 11) is 0. The predicted molar refractivity (Wildman–Crippen MR) is 228 cm³/mol. The minimum Gasteiger partial charge on any atom is -0.204 e.